The van der Waals surface area contributed by atoms with Crippen molar-refractivity contribution in [1.29, 1.82) is 0 Å². The maximum Gasteiger partial charge on any atom is 0.338 e. The van der Waals surface area contributed by atoms with Gasteiger partial charge in [0.1, 0.15) is 0 Å². The largest absolute Gasteiger partial charge is 0.493 e. The lowest BCUT2D eigenvalue weighted by molar-refractivity contribution is -0.116. The summed E-state index contributed by atoms with van der Waals surface area (Å²) in [4.78, 5) is 23.6. The number of nitrogens with two attached hydrogens (primary N) is 1. The average molecular weight is 347 g/mol. The second kappa shape index (κ2) is 9.91. The molecule has 1 aromatic carbocycles. The van der Waals surface area contributed by atoms with Crippen LogP contribution in [0.25, 0.3) is 0 Å². The summed E-state index contributed by atoms with van der Waals surface area (Å²) in [6, 6.07) is 2.91. The Morgan fingerprint density at radius 2 is 1.87 bits per heavy atom. The second-order valence-electron chi connectivity index (χ2n) is 4.82. The molecule has 0 fully saturated rings. The zero-order valence-electron chi connectivity index (χ0n) is 13.7. The second-order valence-corrected chi connectivity index (χ2v) is 4.82. The van der Waals surface area contributed by atoms with Gasteiger partial charge < -0.3 is 25.3 Å². The van der Waals surface area contributed by atoms with Crippen LogP contribution in [0.15, 0.2) is 12.1 Å². The number of carbonyl (C=O) groups excluding carboxylic acids is 2. The number of carbonyl (C=O) groups is 2. The van der Waals surface area contributed by atoms with Crippen molar-refractivity contribution in [2.24, 2.45) is 5.73 Å². The van der Waals surface area contributed by atoms with Crippen LogP contribution in [0.4, 0.5) is 5.69 Å². The fourth-order valence-corrected chi connectivity index (χ4v) is 1.86. The Bertz CT molecular complexity index is 549. The summed E-state index contributed by atoms with van der Waals surface area (Å²) >= 11 is 0. The van der Waals surface area contributed by atoms with Gasteiger partial charge >= 0.3 is 5.97 Å². The van der Waals surface area contributed by atoms with Crippen LogP contribution in [0.1, 0.15) is 30.1 Å². The molecule has 1 rings (SSSR count). The number of rotatable bonds is 7. The minimum atomic E-state index is -0.535. The minimum Gasteiger partial charge on any atom is -0.493 e. The van der Waals surface area contributed by atoms with Crippen molar-refractivity contribution in [3.63, 3.8) is 0 Å². The van der Waals surface area contributed by atoms with Crippen molar-refractivity contribution in [1.82, 2.24) is 0 Å². The number of anilines is 1. The Balaban J connectivity index is 0.00000484. The van der Waals surface area contributed by atoms with Crippen LogP contribution >= 0.6 is 12.4 Å². The summed E-state index contributed by atoms with van der Waals surface area (Å²) in [7, 11) is 4.17. The SMILES string of the molecule is COC(=O)c1cc(NC(=O)CCC(C)N)c(OC)c(OC)c1.Cl. The van der Waals surface area contributed by atoms with Gasteiger partial charge in [-0.1, -0.05) is 0 Å². The standard InChI is InChI=1S/C15H22N2O5.ClH/c1-9(16)5-6-13(18)17-11-7-10(15(19)22-4)8-12(20-2)14(11)21-3;/h7-9H,5-6,16H2,1-4H3,(H,17,18);1H. The van der Waals surface area contributed by atoms with E-state index < -0.39 is 5.97 Å². The number of benzene rings is 1. The lowest BCUT2D eigenvalue weighted by Crippen LogP contribution is -2.20. The molecule has 0 aromatic heterocycles. The first-order valence-electron chi connectivity index (χ1n) is 6.82. The molecule has 0 saturated carbocycles. The number of nitrogens with one attached hydrogen (secondary N) is 1. The number of ether oxygens (including phenoxy) is 3. The number of halogens is 1. The highest BCUT2D eigenvalue weighted by Gasteiger charge is 2.18. The molecule has 0 aliphatic carbocycles. The van der Waals surface area contributed by atoms with E-state index in [0.717, 1.165) is 0 Å². The Morgan fingerprint density at radius 1 is 1.22 bits per heavy atom. The molecule has 0 spiro atoms. The molecule has 0 aliphatic heterocycles. The predicted octanol–water partition coefficient (Wildman–Crippen LogP) is 1.98. The van der Waals surface area contributed by atoms with Crippen molar-refractivity contribution in [3.05, 3.63) is 17.7 Å². The van der Waals surface area contributed by atoms with Crippen molar-refractivity contribution in [2.45, 2.75) is 25.8 Å². The van der Waals surface area contributed by atoms with Crippen molar-refractivity contribution < 1.29 is 23.8 Å². The normalized spacial score (nSPS) is 11.0. The molecule has 0 aliphatic rings. The maximum atomic E-state index is 12.0. The van der Waals surface area contributed by atoms with Gasteiger partial charge in [0.05, 0.1) is 32.6 Å². The van der Waals surface area contributed by atoms with E-state index in [0.29, 0.717) is 23.6 Å². The van der Waals surface area contributed by atoms with Crippen LogP contribution in [0.5, 0.6) is 11.5 Å². The molecule has 0 heterocycles. The third kappa shape index (κ3) is 5.96. The van der Waals surface area contributed by atoms with Gasteiger partial charge in [-0.15, -0.1) is 12.4 Å². The highest BCUT2D eigenvalue weighted by Crippen LogP contribution is 2.37. The molecular weight excluding hydrogens is 324 g/mol. The molecule has 0 saturated heterocycles. The Hall–Kier alpha value is -1.99. The molecule has 23 heavy (non-hydrogen) atoms. The fraction of sp³-hybridized carbons (Fsp3) is 0.467. The van der Waals surface area contributed by atoms with Crippen LogP contribution in [-0.2, 0) is 9.53 Å². The van der Waals surface area contributed by atoms with E-state index in [2.05, 4.69) is 10.1 Å². The van der Waals surface area contributed by atoms with Gasteiger partial charge in [0, 0.05) is 12.5 Å². The first-order chi connectivity index (χ1) is 10.4. The van der Waals surface area contributed by atoms with Gasteiger partial charge in [0.25, 0.3) is 0 Å². The monoisotopic (exact) mass is 346 g/mol. The van der Waals surface area contributed by atoms with E-state index in [9.17, 15) is 9.59 Å². The summed E-state index contributed by atoms with van der Waals surface area (Å²) in [6.07, 6.45) is 0.827. The summed E-state index contributed by atoms with van der Waals surface area (Å²) in [5.41, 5.74) is 6.23. The smallest absolute Gasteiger partial charge is 0.338 e. The number of amides is 1. The van der Waals surface area contributed by atoms with E-state index >= 15 is 0 Å². The first kappa shape index (κ1) is 21.0. The van der Waals surface area contributed by atoms with E-state index in [-0.39, 0.29) is 36.3 Å². The molecular formula is C15H23ClN2O5. The molecule has 1 amide bonds. The van der Waals surface area contributed by atoms with E-state index in [1.165, 1.54) is 33.5 Å². The van der Waals surface area contributed by atoms with Crippen LogP contribution in [-0.4, -0.2) is 39.2 Å². The number of esters is 1. The molecule has 0 bridgehead atoms. The van der Waals surface area contributed by atoms with Gasteiger partial charge in [-0.2, -0.15) is 0 Å². The molecule has 130 valence electrons. The topological polar surface area (TPSA) is 99.9 Å². The third-order valence-electron chi connectivity index (χ3n) is 3.00. The zero-order valence-corrected chi connectivity index (χ0v) is 14.5. The molecule has 1 unspecified atom stereocenters. The number of hydrogen-bond donors (Lipinski definition) is 2. The van der Waals surface area contributed by atoms with Crippen LogP contribution in [0.3, 0.4) is 0 Å². The maximum absolute atomic E-state index is 12.0. The lowest BCUT2D eigenvalue weighted by Gasteiger charge is -2.15. The third-order valence-corrected chi connectivity index (χ3v) is 3.00. The highest BCUT2D eigenvalue weighted by atomic mass is 35.5. The van der Waals surface area contributed by atoms with E-state index in [1.54, 1.807) is 0 Å². The molecule has 1 atom stereocenters. The lowest BCUT2D eigenvalue weighted by atomic mass is 10.1. The van der Waals surface area contributed by atoms with Crippen LogP contribution in [0, 0.1) is 0 Å². The van der Waals surface area contributed by atoms with E-state index in [4.69, 9.17) is 15.2 Å². The predicted molar refractivity (Wildman–Crippen MR) is 89.6 cm³/mol. The molecule has 3 N–H and O–H groups in total. The molecule has 1 aromatic rings. The Labute approximate surface area is 141 Å². The van der Waals surface area contributed by atoms with Crippen molar-refractivity contribution in [3.8, 4) is 11.5 Å². The summed E-state index contributed by atoms with van der Waals surface area (Å²) in [6.45, 7) is 1.83. The zero-order chi connectivity index (χ0) is 16.7. The number of methoxy groups -OCH3 is 3. The number of hydrogen-bond acceptors (Lipinski definition) is 6. The van der Waals surface area contributed by atoms with Crippen LogP contribution in [0.2, 0.25) is 0 Å². The Morgan fingerprint density at radius 3 is 2.35 bits per heavy atom. The van der Waals surface area contributed by atoms with Gasteiger partial charge in [0.15, 0.2) is 11.5 Å². The average Bonchev–Trinajstić information content (AvgIpc) is 2.51. The molecule has 0 radical (unpaired) electrons. The van der Waals surface area contributed by atoms with Gasteiger partial charge in [0.2, 0.25) is 5.91 Å². The summed E-state index contributed by atoms with van der Waals surface area (Å²) < 4.78 is 15.1. The Kier molecular flexibility index (Phi) is 9.05. The van der Waals surface area contributed by atoms with Crippen molar-refractivity contribution >= 4 is 30.0 Å². The molecule has 8 heteroatoms. The highest BCUT2D eigenvalue weighted by molar-refractivity contribution is 5.97. The molecule has 7 nitrogen and oxygen atoms in total. The van der Waals surface area contributed by atoms with Crippen molar-refractivity contribution in [2.75, 3.05) is 26.6 Å². The minimum absolute atomic E-state index is 0. The summed E-state index contributed by atoms with van der Waals surface area (Å²) in [5.74, 6) is -0.0936. The van der Waals surface area contributed by atoms with E-state index in [1.807, 2.05) is 6.92 Å². The van der Waals surface area contributed by atoms with Gasteiger partial charge in [-0.25, -0.2) is 4.79 Å². The summed E-state index contributed by atoms with van der Waals surface area (Å²) in [5, 5.41) is 2.70. The fourth-order valence-electron chi connectivity index (χ4n) is 1.86. The first-order valence-corrected chi connectivity index (χ1v) is 6.82. The van der Waals surface area contributed by atoms with Crippen LogP contribution < -0.4 is 20.5 Å². The van der Waals surface area contributed by atoms with Gasteiger partial charge in [-0.3, -0.25) is 4.79 Å². The quantitative estimate of drug-likeness (QED) is 0.732. The van der Waals surface area contributed by atoms with Gasteiger partial charge in [-0.05, 0) is 25.5 Å².